The number of ether oxygens (including phenoxy) is 1. The number of nitrogens with two attached hydrogens (primary N) is 1. The van der Waals surface area contributed by atoms with Crippen LogP contribution >= 0.6 is 0 Å². The summed E-state index contributed by atoms with van der Waals surface area (Å²) >= 11 is 0. The van der Waals surface area contributed by atoms with E-state index in [1.165, 1.54) is 5.56 Å². The van der Waals surface area contributed by atoms with Crippen molar-refractivity contribution in [1.82, 2.24) is 9.80 Å². The quantitative estimate of drug-likeness (QED) is 0.895. The lowest BCUT2D eigenvalue weighted by molar-refractivity contribution is -0.137. The van der Waals surface area contributed by atoms with E-state index in [4.69, 9.17) is 10.5 Å². The predicted molar refractivity (Wildman–Crippen MR) is 94.8 cm³/mol. The number of nitrogens with zero attached hydrogens (tertiary/aromatic N) is 2. The molecule has 1 saturated carbocycles. The van der Waals surface area contributed by atoms with E-state index in [-0.39, 0.29) is 12.0 Å². The molecule has 1 aliphatic carbocycles. The van der Waals surface area contributed by atoms with Gasteiger partial charge in [0.1, 0.15) is 5.75 Å². The van der Waals surface area contributed by atoms with E-state index >= 15 is 0 Å². The van der Waals surface area contributed by atoms with E-state index in [1.54, 1.807) is 0 Å². The topological polar surface area (TPSA) is 58.8 Å². The molecule has 1 amide bonds. The molecule has 24 heavy (non-hydrogen) atoms. The normalized spacial score (nSPS) is 25.0. The number of benzene rings is 1. The smallest absolute Gasteiger partial charge is 0.225 e. The highest BCUT2D eigenvalue weighted by atomic mass is 16.5. The molecule has 2 unspecified atom stereocenters. The van der Waals surface area contributed by atoms with Crippen molar-refractivity contribution in [3.8, 4) is 5.75 Å². The van der Waals surface area contributed by atoms with Gasteiger partial charge in [-0.2, -0.15) is 0 Å². The van der Waals surface area contributed by atoms with E-state index in [1.807, 2.05) is 24.0 Å². The number of amides is 1. The molecule has 1 aliphatic heterocycles. The number of carbonyl (C=O) groups excluding carboxylic acids is 1. The Labute approximate surface area is 144 Å². The summed E-state index contributed by atoms with van der Waals surface area (Å²) in [6.07, 6.45) is 2.83. The molecule has 1 heterocycles. The summed E-state index contributed by atoms with van der Waals surface area (Å²) in [6.45, 7) is 7.18. The standard InChI is InChI=1S/C19H29N3O2/c1-2-24-18-7-3-15(4-8-18)14-21-9-11-22(12-10-21)19(23)16-5-6-17(20)13-16/h3-4,7-8,16-17H,2,5-6,9-14,20H2,1H3. The molecule has 5 heteroatoms. The summed E-state index contributed by atoms with van der Waals surface area (Å²) in [4.78, 5) is 17.0. The fraction of sp³-hybridized carbons (Fsp3) is 0.632. The fourth-order valence-electron chi connectivity index (χ4n) is 3.74. The predicted octanol–water partition coefficient (Wildman–Crippen LogP) is 1.86. The zero-order chi connectivity index (χ0) is 16.9. The van der Waals surface area contributed by atoms with Gasteiger partial charge in [-0.05, 0) is 43.9 Å². The van der Waals surface area contributed by atoms with Crippen molar-refractivity contribution in [2.24, 2.45) is 11.7 Å². The average molecular weight is 331 g/mol. The largest absolute Gasteiger partial charge is 0.494 e. The molecule has 3 rings (SSSR count). The molecule has 5 nitrogen and oxygen atoms in total. The highest BCUT2D eigenvalue weighted by molar-refractivity contribution is 5.79. The van der Waals surface area contributed by atoms with Gasteiger partial charge < -0.3 is 15.4 Å². The molecule has 0 aromatic heterocycles. The Bertz CT molecular complexity index is 538. The van der Waals surface area contributed by atoms with Gasteiger partial charge >= 0.3 is 0 Å². The second-order valence-electron chi connectivity index (χ2n) is 6.95. The van der Waals surface area contributed by atoms with Crippen LogP contribution in [0.4, 0.5) is 0 Å². The summed E-state index contributed by atoms with van der Waals surface area (Å²) in [5, 5.41) is 0. The summed E-state index contributed by atoms with van der Waals surface area (Å²) in [5.41, 5.74) is 7.23. The van der Waals surface area contributed by atoms with Crippen LogP contribution in [-0.2, 0) is 11.3 Å². The van der Waals surface area contributed by atoms with Crippen LogP contribution < -0.4 is 10.5 Å². The highest BCUT2D eigenvalue weighted by Crippen LogP contribution is 2.26. The SMILES string of the molecule is CCOc1ccc(CN2CCN(C(=O)C3CCC(N)C3)CC2)cc1. The summed E-state index contributed by atoms with van der Waals surface area (Å²) in [6, 6.07) is 8.54. The van der Waals surface area contributed by atoms with E-state index in [2.05, 4.69) is 17.0 Å². The minimum Gasteiger partial charge on any atom is -0.494 e. The number of carbonyl (C=O) groups is 1. The van der Waals surface area contributed by atoms with Crippen molar-refractivity contribution in [1.29, 1.82) is 0 Å². The van der Waals surface area contributed by atoms with Crippen molar-refractivity contribution in [2.75, 3.05) is 32.8 Å². The third-order valence-electron chi connectivity index (χ3n) is 5.15. The molecule has 1 saturated heterocycles. The Morgan fingerprint density at radius 1 is 1.17 bits per heavy atom. The minimum absolute atomic E-state index is 0.164. The molecule has 2 fully saturated rings. The molecule has 1 aromatic carbocycles. The molecule has 0 spiro atoms. The zero-order valence-corrected chi connectivity index (χ0v) is 14.6. The molecule has 0 radical (unpaired) electrons. The highest BCUT2D eigenvalue weighted by Gasteiger charge is 2.32. The minimum atomic E-state index is 0.164. The van der Waals surface area contributed by atoms with Gasteiger partial charge in [-0.15, -0.1) is 0 Å². The molecular weight excluding hydrogens is 302 g/mol. The van der Waals surface area contributed by atoms with Gasteiger partial charge in [0.05, 0.1) is 6.61 Å². The molecule has 2 atom stereocenters. The molecule has 132 valence electrons. The Hall–Kier alpha value is -1.59. The van der Waals surface area contributed by atoms with Gasteiger partial charge in [0.15, 0.2) is 0 Å². The van der Waals surface area contributed by atoms with Gasteiger partial charge in [-0.3, -0.25) is 9.69 Å². The maximum atomic E-state index is 12.5. The van der Waals surface area contributed by atoms with Gasteiger partial charge in [0, 0.05) is 44.7 Å². The fourth-order valence-corrected chi connectivity index (χ4v) is 3.74. The van der Waals surface area contributed by atoms with Crippen LogP contribution in [0.5, 0.6) is 5.75 Å². The first-order valence-corrected chi connectivity index (χ1v) is 9.14. The third-order valence-corrected chi connectivity index (χ3v) is 5.15. The van der Waals surface area contributed by atoms with Crippen LogP contribution in [0.3, 0.4) is 0 Å². The third kappa shape index (κ3) is 4.28. The Balaban J connectivity index is 1.45. The second kappa shape index (κ2) is 7.99. The summed E-state index contributed by atoms with van der Waals surface area (Å²) in [7, 11) is 0. The second-order valence-corrected chi connectivity index (χ2v) is 6.95. The van der Waals surface area contributed by atoms with Crippen molar-refractivity contribution in [3.05, 3.63) is 29.8 Å². The first-order chi connectivity index (χ1) is 11.7. The Morgan fingerprint density at radius 3 is 2.46 bits per heavy atom. The van der Waals surface area contributed by atoms with Crippen LogP contribution in [0.1, 0.15) is 31.7 Å². The lowest BCUT2D eigenvalue weighted by atomic mass is 10.1. The first kappa shape index (κ1) is 17.2. The number of rotatable bonds is 5. The van der Waals surface area contributed by atoms with Crippen molar-refractivity contribution < 1.29 is 9.53 Å². The monoisotopic (exact) mass is 331 g/mol. The lowest BCUT2D eigenvalue weighted by Gasteiger charge is -2.36. The zero-order valence-electron chi connectivity index (χ0n) is 14.6. The molecule has 0 bridgehead atoms. The van der Waals surface area contributed by atoms with Crippen LogP contribution in [0, 0.1) is 5.92 Å². The molecule has 2 N–H and O–H groups in total. The van der Waals surface area contributed by atoms with Crippen LogP contribution in [0.2, 0.25) is 0 Å². The summed E-state index contributed by atoms with van der Waals surface area (Å²) in [5.74, 6) is 1.41. The number of hydrogen-bond donors (Lipinski definition) is 1. The Kier molecular flexibility index (Phi) is 5.74. The molecular formula is C19H29N3O2. The van der Waals surface area contributed by atoms with Crippen molar-refractivity contribution in [3.63, 3.8) is 0 Å². The Morgan fingerprint density at radius 2 is 1.88 bits per heavy atom. The van der Waals surface area contributed by atoms with Crippen molar-refractivity contribution in [2.45, 2.75) is 38.8 Å². The average Bonchev–Trinajstić information content (AvgIpc) is 3.03. The van der Waals surface area contributed by atoms with Gasteiger partial charge in [0.25, 0.3) is 0 Å². The van der Waals surface area contributed by atoms with E-state index in [0.717, 1.165) is 57.7 Å². The first-order valence-electron chi connectivity index (χ1n) is 9.14. The van der Waals surface area contributed by atoms with E-state index in [9.17, 15) is 4.79 Å². The number of piperazine rings is 1. The summed E-state index contributed by atoms with van der Waals surface area (Å²) < 4.78 is 5.48. The number of hydrogen-bond acceptors (Lipinski definition) is 4. The van der Waals surface area contributed by atoms with Gasteiger partial charge in [0.2, 0.25) is 5.91 Å². The van der Waals surface area contributed by atoms with Crippen LogP contribution in [0.25, 0.3) is 0 Å². The van der Waals surface area contributed by atoms with Gasteiger partial charge in [-0.25, -0.2) is 0 Å². The maximum Gasteiger partial charge on any atom is 0.225 e. The van der Waals surface area contributed by atoms with Crippen LogP contribution in [-0.4, -0.2) is 54.5 Å². The lowest BCUT2D eigenvalue weighted by Crippen LogP contribution is -2.49. The van der Waals surface area contributed by atoms with Gasteiger partial charge in [-0.1, -0.05) is 12.1 Å². The van der Waals surface area contributed by atoms with Crippen molar-refractivity contribution >= 4 is 5.91 Å². The molecule has 1 aromatic rings. The molecule has 2 aliphatic rings. The van der Waals surface area contributed by atoms with E-state index < -0.39 is 0 Å². The van der Waals surface area contributed by atoms with Crippen LogP contribution in [0.15, 0.2) is 24.3 Å². The van der Waals surface area contributed by atoms with E-state index in [0.29, 0.717) is 12.5 Å². The maximum absolute atomic E-state index is 12.5.